The van der Waals surface area contributed by atoms with Gasteiger partial charge in [-0.05, 0) is 49.2 Å². The first-order valence-electron chi connectivity index (χ1n) is 5.62. The van der Waals surface area contributed by atoms with Gasteiger partial charge in [0.05, 0.1) is 5.56 Å². The molecule has 0 radical (unpaired) electrons. The summed E-state index contributed by atoms with van der Waals surface area (Å²) in [5.41, 5.74) is 2.31. The van der Waals surface area contributed by atoms with Gasteiger partial charge in [-0.1, -0.05) is 29.8 Å². The second kappa shape index (κ2) is 5.23. The average Bonchev–Trinajstić information content (AvgIpc) is 2.33. The molecule has 0 unspecified atom stereocenters. The molecule has 0 heterocycles. The van der Waals surface area contributed by atoms with Crippen molar-refractivity contribution in [1.29, 1.82) is 0 Å². The van der Waals surface area contributed by atoms with Crippen LogP contribution in [0.5, 0.6) is 5.75 Å². The number of esters is 1. The molecule has 0 N–H and O–H groups in total. The normalized spacial score (nSPS) is 10.2. The Hall–Kier alpha value is -1.80. The Kier molecular flexibility index (Phi) is 3.68. The molecule has 0 aliphatic rings. The van der Waals surface area contributed by atoms with Gasteiger partial charge in [0.1, 0.15) is 5.75 Å². The summed E-state index contributed by atoms with van der Waals surface area (Å²) in [6, 6.07) is 12.5. The van der Waals surface area contributed by atoms with E-state index in [1.165, 1.54) is 0 Å². The number of hydrogen-bond donors (Lipinski definition) is 0. The minimum atomic E-state index is -0.349. The highest BCUT2D eigenvalue weighted by atomic mass is 35.5. The van der Waals surface area contributed by atoms with Gasteiger partial charge in [-0.25, -0.2) is 4.79 Å². The maximum Gasteiger partial charge on any atom is 0.343 e. The molecule has 0 aliphatic heterocycles. The van der Waals surface area contributed by atoms with E-state index in [2.05, 4.69) is 0 Å². The van der Waals surface area contributed by atoms with E-state index in [1.807, 2.05) is 32.0 Å². The minimum Gasteiger partial charge on any atom is -0.423 e. The zero-order valence-electron chi connectivity index (χ0n) is 10.2. The SMILES string of the molecule is Cc1cc(Cl)ccc1OC(=O)c1ccccc1C. The molecule has 2 aromatic rings. The van der Waals surface area contributed by atoms with Crippen LogP contribution in [0.15, 0.2) is 42.5 Å². The molecular weight excluding hydrogens is 248 g/mol. The molecule has 0 bridgehead atoms. The Morgan fingerprint density at radius 2 is 1.78 bits per heavy atom. The van der Waals surface area contributed by atoms with Crippen molar-refractivity contribution < 1.29 is 9.53 Å². The zero-order valence-corrected chi connectivity index (χ0v) is 11.0. The summed E-state index contributed by atoms with van der Waals surface area (Å²) in [5, 5.41) is 0.628. The topological polar surface area (TPSA) is 26.3 Å². The van der Waals surface area contributed by atoms with Gasteiger partial charge in [-0.2, -0.15) is 0 Å². The molecule has 0 saturated carbocycles. The van der Waals surface area contributed by atoms with Gasteiger partial charge in [-0.3, -0.25) is 0 Å². The van der Waals surface area contributed by atoms with Crippen molar-refractivity contribution in [3.63, 3.8) is 0 Å². The highest BCUT2D eigenvalue weighted by Crippen LogP contribution is 2.23. The Balaban J connectivity index is 2.24. The monoisotopic (exact) mass is 260 g/mol. The predicted octanol–water partition coefficient (Wildman–Crippen LogP) is 4.18. The largest absolute Gasteiger partial charge is 0.423 e. The van der Waals surface area contributed by atoms with Crippen LogP contribution in [0.25, 0.3) is 0 Å². The number of halogens is 1. The average molecular weight is 261 g/mol. The van der Waals surface area contributed by atoms with Crippen LogP contribution in [0.2, 0.25) is 5.02 Å². The van der Waals surface area contributed by atoms with Crippen LogP contribution < -0.4 is 4.74 Å². The first kappa shape index (κ1) is 12.7. The molecule has 0 aliphatic carbocycles. The highest BCUT2D eigenvalue weighted by Gasteiger charge is 2.12. The van der Waals surface area contributed by atoms with Gasteiger partial charge in [0.15, 0.2) is 0 Å². The third-order valence-electron chi connectivity index (χ3n) is 2.70. The van der Waals surface area contributed by atoms with Gasteiger partial charge in [-0.15, -0.1) is 0 Å². The van der Waals surface area contributed by atoms with Crippen molar-refractivity contribution in [3.05, 3.63) is 64.2 Å². The second-order valence-corrected chi connectivity index (χ2v) is 4.55. The highest BCUT2D eigenvalue weighted by molar-refractivity contribution is 6.30. The van der Waals surface area contributed by atoms with E-state index in [4.69, 9.17) is 16.3 Å². The number of carbonyl (C=O) groups excluding carboxylic acids is 1. The van der Waals surface area contributed by atoms with Gasteiger partial charge >= 0.3 is 5.97 Å². The third kappa shape index (κ3) is 2.71. The van der Waals surface area contributed by atoms with E-state index >= 15 is 0 Å². The fourth-order valence-electron chi connectivity index (χ4n) is 1.68. The Labute approximate surface area is 111 Å². The molecule has 2 nitrogen and oxygen atoms in total. The number of aryl methyl sites for hydroxylation is 2. The molecule has 0 atom stereocenters. The summed E-state index contributed by atoms with van der Waals surface area (Å²) < 4.78 is 5.37. The Morgan fingerprint density at radius 3 is 2.44 bits per heavy atom. The van der Waals surface area contributed by atoms with Gasteiger partial charge < -0.3 is 4.74 Å². The van der Waals surface area contributed by atoms with Crippen molar-refractivity contribution in [2.75, 3.05) is 0 Å². The molecule has 2 rings (SSSR count). The van der Waals surface area contributed by atoms with Crippen LogP contribution in [0.1, 0.15) is 21.5 Å². The van der Waals surface area contributed by atoms with E-state index in [1.54, 1.807) is 24.3 Å². The van der Waals surface area contributed by atoms with Gasteiger partial charge in [0.2, 0.25) is 0 Å². The number of benzene rings is 2. The molecule has 18 heavy (non-hydrogen) atoms. The second-order valence-electron chi connectivity index (χ2n) is 4.11. The molecular formula is C15H13ClO2. The van der Waals surface area contributed by atoms with E-state index in [-0.39, 0.29) is 5.97 Å². The molecule has 0 amide bonds. The molecule has 2 aromatic carbocycles. The lowest BCUT2D eigenvalue weighted by Crippen LogP contribution is -2.10. The maximum absolute atomic E-state index is 12.0. The van der Waals surface area contributed by atoms with Crippen LogP contribution in [0, 0.1) is 13.8 Å². The Morgan fingerprint density at radius 1 is 1.06 bits per heavy atom. The van der Waals surface area contributed by atoms with Crippen LogP contribution in [0.4, 0.5) is 0 Å². The number of hydrogen-bond acceptors (Lipinski definition) is 2. The molecule has 3 heteroatoms. The first-order valence-corrected chi connectivity index (χ1v) is 5.99. The molecule has 0 aromatic heterocycles. The zero-order chi connectivity index (χ0) is 13.1. The van der Waals surface area contributed by atoms with E-state index in [0.29, 0.717) is 16.3 Å². The third-order valence-corrected chi connectivity index (χ3v) is 2.94. The summed E-state index contributed by atoms with van der Waals surface area (Å²) in [6.07, 6.45) is 0. The smallest absolute Gasteiger partial charge is 0.343 e. The maximum atomic E-state index is 12.0. The molecule has 0 saturated heterocycles. The summed E-state index contributed by atoms with van der Waals surface area (Å²) >= 11 is 5.86. The lowest BCUT2D eigenvalue weighted by atomic mass is 10.1. The minimum absolute atomic E-state index is 0.349. The summed E-state index contributed by atoms with van der Waals surface area (Å²) in [4.78, 5) is 12.0. The fraction of sp³-hybridized carbons (Fsp3) is 0.133. The number of rotatable bonds is 2. The van der Waals surface area contributed by atoms with E-state index in [9.17, 15) is 4.79 Å². The molecule has 0 fully saturated rings. The van der Waals surface area contributed by atoms with Crippen molar-refractivity contribution in [2.24, 2.45) is 0 Å². The van der Waals surface area contributed by atoms with E-state index in [0.717, 1.165) is 11.1 Å². The lowest BCUT2D eigenvalue weighted by Gasteiger charge is -2.09. The summed E-state index contributed by atoms with van der Waals surface area (Å²) in [5.74, 6) is 0.186. The standard InChI is InChI=1S/C15H13ClO2/c1-10-5-3-4-6-13(10)15(17)18-14-8-7-12(16)9-11(14)2/h3-9H,1-2H3. The van der Waals surface area contributed by atoms with Crippen LogP contribution in [-0.4, -0.2) is 5.97 Å². The first-order chi connectivity index (χ1) is 8.58. The van der Waals surface area contributed by atoms with E-state index < -0.39 is 0 Å². The predicted molar refractivity (Wildman–Crippen MR) is 72.3 cm³/mol. The summed E-state index contributed by atoms with van der Waals surface area (Å²) in [6.45, 7) is 3.73. The lowest BCUT2D eigenvalue weighted by molar-refractivity contribution is 0.0733. The quantitative estimate of drug-likeness (QED) is 0.598. The van der Waals surface area contributed by atoms with Crippen molar-refractivity contribution >= 4 is 17.6 Å². The van der Waals surface area contributed by atoms with Crippen molar-refractivity contribution in [2.45, 2.75) is 13.8 Å². The summed E-state index contributed by atoms with van der Waals surface area (Å²) in [7, 11) is 0. The Bertz CT molecular complexity index is 591. The van der Waals surface area contributed by atoms with Crippen LogP contribution in [-0.2, 0) is 0 Å². The number of carbonyl (C=O) groups is 1. The van der Waals surface area contributed by atoms with Crippen LogP contribution >= 0.6 is 11.6 Å². The molecule has 0 spiro atoms. The van der Waals surface area contributed by atoms with Gasteiger partial charge in [0, 0.05) is 5.02 Å². The fourth-order valence-corrected chi connectivity index (χ4v) is 1.91. The molecule has 92 valence electrons. The van der Waals surface area contributed by atoms with Gasteiger partial charge in [0.25, 0.3) is 0 Å². The van der Waals surface area contributed by atoms with Crippen molar-refractivity contribution in [3.8, 4) is 5.75 Å². The van der Waals surface area contributed by atoms with Crippen LogP contribution in [0.3, 0.4) is 0 Å². The number of ether oxygens (including phenoxy) is 1. The van der Waals surface area contributed by atoms with Crippen molar-refractivity contribution in [1.82, 2.24) is 0 Å².